The highest BCUT2D eigenvalue weighted by molar-refractivity contribution is 7.71. The minimum atomic E-state index is 0.502. The molecule has 0 bridgehead atoms. The van der Waals surface area contributed by atoms with Crippen LogP contribution in [0.5, 0.6) is 11.5 Å². The minimum absolute atomic E-state index is 0.502. The number of benzene rings is 2. The van der Waals surface area contributed by atoms with Gasteiger partial charge in [-0.3, -0.25) is 5.10 Å². The van der Waals surface area contributed by atoms with Crippen molar-refractivity contribution in [1.29, 1.82) is 0 Å². The SMILES string of the molecule is CCOc1cc(CNn2c(C)n[nH]c2=S)ccc1OCc1ccccc1. The molecular weight excluding hydrogens is 348 g/mol. The lowest BCUT2D eigenvalue weighted by atomic mass is 10.2. The molecule has 0 aliphatic carbocycles. The summed E-state index contributed by atoms with van der Waals surface area (Å²) in [5, 5.41) is 6.84. The number of H-pyrrole nitrogens is 1. The molecule has 0 radical (unpaired) electrons. The van der Waals surface area contributed by atoms with Crippen molar-refractivity contribution >= 4 is 12.2 Å². The summed E-state index contributed by atoms with van der Waals surface area (Å²) in [6, 6.07) is 16.0. The highest BCUT2D eigenvalue weighted by Crippen LogP contribution is 2.29. The monoisotopic (exact) mass is 370 g/mol. The third-order valence-electron chi connectivity index (χ3n) is 3.83. The predicted octanol–water partition coefficient (Wildman–Crippen LogP) is 3.97. The van der Waals surface area contributed by atoms with Crippen molar-refractivity contribution in [2.75, 3.05) is 12.0 Å². The molecule has 0 fully saturated rings. The van der Waals surface area contributed by atoms with Crippen molar-refractivity contribution in [2.24, 2.45) is 0 Å². The molecule has 3 aromatic rings. The third kappa shape index (κ3) is 4.43. The zero-order valence-electron chi connectivity index (χ0n) is 14.9. The Balaban J connectivity index is 1.70. The van der Waals surface area contributed by atoms with E-state index in [1.807, 2.05) is 62.4 Å². The summed E-state index contributed by atoms with van der Waals surface area (Å²) in [6.45, 7) is 5.51. The molecule has 0 unspecified atom stereocenters. The standard InChI is InChI=1S/C19H22N4O2S/c1-3-24-18-11-16(12-20-23-14(2)21-22-19(23)26)9-10-17(18)25-13-15-7-5-4-6-8-15/h4-11,20H,3,12-13H2,1-2H3,(H,22,26). The van der Waals surface area contributed by atoms with Gasteiger partial charge in [0.15, 0.2) is 11.5 Å². The van der Waals surface area contributed by atoms with Crippen LogP contribution in [0, 0.1) is 11.7 Å². The molecular formula is C19H22N4O2S. The van der Waals surface area contributed by atoms with E-state index in [1.165, 1.54) is 0 Å². The Bertz CT molecular complexity index is 905. The van der Waals surface area contributed by atoms with Crippen molar-refractivity contribution in [3.05, 3.63) is 70.3 Å². The number of nitrogens with zero attached hydrogens (tertiary/aromatic N) is 2. The first-order valence-corrected chi connectivity index (χ1v) is 8.88. The number of aryl methyl sites for hydroxylation is 1. The first-order chi connectivity index (χ1) is 12.7. The molecule has 0 aliphatic heterocycles. The van der Waals surface area contributed by atoms with Crippen molar-refractivity contribution in [1.82, 2.24) is 14.9 Å². The topological polar surface area (TPSA) is 64.1 Å². The van der Waals surface area contributed by atoms with Gasteiger partial charge in [0.1, 0.15) is 12.4 Å². The van der Waals surface area contributed by atoms with Crippen LogP contribution in [0.3, 0.4) is 0 Å². The van der Waals surface area contributed by atoms with Gasteiger partial charge >= 0.3 is 0 Å². The highest BCUT2D eigenvalue weighted by atomic mass is 32.1. The van der Waals surface area contributed by atoms with E-state index in [-0.39, 0.29) is 0 Å². The van der Waals surface area contributed by atoms with E-state index in [0.717, 1.165) is 28.5 Å². The average molecular weight is 370 g/mol. The maximum Gasteiger partial charge on any atom is 0.214 e. The number of hydrogen-bond acceptors (Lipinski definition) is 5. The van der Waals surface area contributed by atoms with Gasteiger partial charge in [0.2, 0.25) is 4.77 Å². The molecule has 1 heterocycles. The van der Waals surface area contributed by atoms with E-state index >= 15 is 0 Å². The van der Waals surface area contributed by atoms with Crippen LogP contribution in [0.4, 0.5) is 0 Å². The van der Waals surface area contributed by atoms with Crippen molar-refractivity contribution in [3.8, 4) is 11.5 Å². The van der Waals surface area contributed by atoms with Crippen LogP contribution in [0.15, 0.2) is 48.5 Å². The Morgan fingerprint density at radius 3 is 2.58 bits per heavy atom. The Morgan fingerprint density at radius 1 is 1.08 bits per heavy atom. The molecule has 0 atom stereocenters. The summed E-state index contributed by atoms with van der Waals surface area (Å²) in [6.07, 6.45) is 0. The fourth-order valence-electron chi connectivity index (χ4n) is 2.52. The smallest absolute Gasteiger partial charge is 0.214 e. The van der Waals surface area contributed by atoms with E-state index < -0.39 is 0 Å². The number of ether oxygens (including phenoxy) is 2. The molecule has 0 saturated heterocycles. The summed E-state index contributed by atoms with van der Waals surface area (Å²) in [4.78, 5) is 0. The van der Waals surface area contributed by atoms with Crippen LogP contribution in [0.1, 0.15) is 23.9 Å². The number of rotatable bonds is 8. The molecule has 0 amide bonds. The lowest BCUT2D eigenvalue weighted by Gasteiger charge is -2.14. The fraction of sp³-hybridized carbons (Fsp3) is 0.263. The number of aromatic nitrogens is 3. The van der Waals surface area contributed by atoms with Crippen LogP contribution >= 0.6 is 12.2 Å². The Morgan fingerprint density at radius 2 is 1.88 bits per heavy atom. The largest absolute Gasteiger partial charge is 0.490 e. The third-order valence-corrected chi connectivity index (χ3v) is 4.10. The molecule has 6 nitrogen and oxygen atoms in total. The van der Waals surface area contributed by atoms with E-state index in [9.17, 15) is 0 Å². The second-order valence-corrected chi connectivity index (χ2v) is 6.12. The van der Waals surface area contributed by atoms with Crippen molar-refractivity contribution in [2.45, 2.75) is 27.0 Å². The summed E-state index contributed by atoms with van der Waals surface area (Å²) in [5.74, 6) is 2.24. The van der Waals surface area contributed by atoms with Gasteiger partial charge in [-0.25, -0.2) is 4.68 Å². The van der Waals surface area contributed by atoms with Gasteiger partial charge in [-0.05, 0) is 49.3 Å². The molecule has 2 N–H and O–H groups in total. The summed E-state index contributed by atoms with van der Waals surface area (Å²) in [7, 11) is 0. The van der Waals surface area contributed by atoms with E-state index in [0.29, 0.717) is 24.5 Å². The van der Waals surface area contributed by atoms with E-state index in [2.05, 4.69) is 15.6 Å². The molecule has 2 aromatic carbocycles. The summed E-state index contributed by atoms with van der Waals surface area (Å²) < 4.78 is 14.0. The number of aromatic amines is 1. The van der Waals surface area contributed by atoms with Crippen molar-refractivity contribution in [3.63, 3.8) is 0 Å². The van der Waals surface area contributed by atoms with Gasteiger partial charge < -0.3 is 14.9 Å². The predicted molar refractivity (Wildman–Crippen MR) is 104 cm³/mol. The van der Waals surface area contributed by atoms with Crippen LogP contribution in [0.25, 0.3) is 0 Å². The van der Waals surface area contributed by atoms with E-state index in [4.69, 9.17) is 21.7 Å². The molecule has 3 rings (SSSR count). The first-order valence-electron chi connectivity index (χ1n) is 8.47. The second-order valence-electron chi connectivity index (χ2n) is 5.73. The highest BCUT2D eigenvalue weighted by Gasteiger charge is 2.08. The Labute approximate surface area is 157 Å². The maximum absolute atomic E-state index is 5.94. The molecule has 0 saturated carbocycles. The normalized spacial score (nSPS) is 10.5. The van der Waals surface area contributed by atoms with Gasteiger partial charge in [-0.15, -0.1) is 0 Å². The zero-order chi connectivity index (χ0) is 18.4. The second kappa shape index (κ2) is 8.53. The van der Waals surface area contributed by atoms with Crippen LogP contribution in [0.2, 0.25) is 0 Å². The molecule has 0 aliphatic rings. The van der Waals surface area contributed by atoms with Crippen LogP contribution in [-0.4, -0.2) is 21.5 Å². The molecule has 1 aromatic heterocycles. The maximum atomic E-state index is 5.94. The molecule has 136 valence electrons. The van der Waals surface area contributed by atoms with Crippen LogP contribution in [-0.2, 0) is 13.2 Å². The fourth-order valence-corrected chi connectivity index (χ4v) is 2.76. The zero-order valence-corrected chi connectivity index (χ0v) is 15.7. The quantitative estimate of drug-likeness (QED) is 0.588. The first kappa shape index (κ1) is 18.0. The van der Waals surface area contributed by atoms with Gasteiger partial charge in [-0.2, -0.15) is 5.10 Å². The number of nitrogens with one attached hydrogen (secondary N) is 2. The van der Waals surface area contributed by atoms with E-state index in [1.54, 1.807) is 4.68 Å². The van der Waals surface area contributed by atoms with Gasteiger partial charge in [0.25, 0.3) is 0 Å². The van der Waals surface area contributed by atoms with Gasteiger partial charge in [-0.1, -0.05) is 36.4 Å². The molecule has 26 heavy (non-hydrogen) atoms. The molecule has 0 spiro atoms. The summed E-state index contributed by atoms with van der Waals surface area (Å²) >= 11 is 5.20. The van der Waals surface area contributed by atoms with Crippen LogP contribution < -0.4 is 14.9 Å². The van der Waals surface area contributed by atoms with Gasteiger partial charge in [0.05, 0.1) is 13.2 Å². The average Bonchev–Trinajstić information content (AvgIpc) is 2.98. The number of hydrogen-bond donors (Lipinski definition) is 2. The lowest BCUT2D eigenvalue weighted by Crippen LogP contribution is -2.16. The molecule has 7 heteroatoms. The minimum Gasteiger partial charge on any atom is -0.490 e. The van der Waals surface area contributed by atoms with Crippen molar-refractivity contribution < 1.29 is 9.47 Å². The Hall–Kier alpha value is -2.80. The Kier molecular flexibility index (Phi) is 5.91. The summed E-state index contributed by atoms with van der Waals surface area (Å²) in [5.41, 5.74) is 5.42. The van der Waals surface area contributed by atoms with Gasteiger partial charge in [0, 0.05) is 0 Å². The lowest BCUT2D eigenvalue weighted by molar-refractivity contribution is 0.269.